The number of carbonyl (C=O) groups is 1. The lowest BCUT2D eigenvalue weighted by Crippen LogP contribution is -1.76. The second-order valence-electron chi connectivity index (χ2n) is 4.28. The minimum atomic E-state index is 0.643. The summed E-state index contributed by atoms with van der Waals surface area (Å²) in [4.78, 5) is 10.8. The molecule has 0 saturated carbocycles. The van der Waals surface area contributed by atoms with E-state index < -0.39 is 0 Å². The molecule has 0 aliphatic heterocycles. The highest BCUT2D eigenvalue weighted by atomic mass is 16.3. The molecule has 0 amide bonds. The number of carbonyl (C=O) groups excluding carboxylic acids is 1. The van der Waals surface area contributed by atoms with E-state index in [9.17, 15) is 4.79 Å². The lowest BCUT2D eigenvalue weighted by molar-refractivity contribution is 0.112. The molecule has 0 atom stereocenters. The quantitative estimate of drug-likeness (QED) is 0.466. The Labute approximate surface area is 102 Å². The summed E-state index contributed by atoms with van der Waals surface area (Å²) < 4.78 is 11.2. The van der Waals surface area contributed by atoms with Gasteiger partial charge in [0, 0.05) is 21.7 Å². The highest BCUT2D eigenvalue weighted by molar-refractivity contribution is 6.10. The van der Waals surface area contributed by atoms with Crippen molar-refractivity contribution in [3.05, 3.63) is 48.2 Å². The van der Waals surface area contributed by atoms with Gasteiger partial charge < -0.3 is 8.83 Å². The van der Waals surface area contributed by atoms with Crippen molar-refractivity contribution in [1.29, 1.82) is 0 Å². The Balaban J connectivity index is 2.22. The number of aldehydes is 1. The van der Waals surface area contributed by atoms with E-state index in [-0.39, 0.29) is 0 Å². The standard InChI is InChI=1S/C15H8O3/c16-8-9-1-2-13-11(5-9)12-7-14-10(3-4-17-14)6-15(12)18-13/h1-8H. The number of benzene rings is 2. The van der Waals surface area contributed by atoms with Gasteiger partial charge in [0.05, 0.1) is 6.26 Å². The Morgan fingerprint density at radius 1 is 0.889 bits per heavy atom. The van der Waals surface area contributed by atoms with Gasteiger partial charge in [-0.1, -0.05) is 0 Å². The van der Waals surface area contributed by atoms with Crippen molar-refractivity contribution in [3.63, 3.8) is 0 Å². The van der Waals surface area contributed by atoms with Crippen LogP contribution in [0.1, 0.15) is 10.4 Å². The maximum Gasteiger partial charge on any atom is 0.150 e. The lowest BCUT2D eigenvalue weighted by atomic mass is 10.1. The molecule has 0 unspecified atom stereocenters. The molecule has 2 aromatic carbocycles. The molecular weight excluding hydrogens is 228 g/mol. The summed E-state index contributed by atoms with van der Waals surface area (Å²) in [7, 11) is 0. The van der Waals surface area contributed by atoms with Gasteiger partial charge in [-0.2, -0.15) is 0 Å². The van der Waals surface area contributed by atoms with E-state index >= 15 is 0 Å². The van der Waals surface area contributed by atoms with E-state index in [4.69, 9.17) is 8.83 Å². The molecule has 0 bridgehead atoms. The molecule has 0 fully saturated rings. The van der Waals surface area contributed by atoms with Crippen LogP contribution in [0.3, 0.4) is 0 Å². The summed E-state index contributed by atoms with van der Waals surface area (Å²) in [5, 5.41) is 2.92. The molecule has 4 aromatic rings. The summed E-state index contributed by atoms with van der Waals surface area (Å²) in [5.74, 6) is 0. The van der Waals surface area contributed by atoms with Gasteiger partial charge in [-0.25, -0.2) is 0 Å². The molecule has 3 heteroatoms. The highest BCUT2D eigenvalue weighted by Gasteiger charge is 2.10. The van der Waals surface area contributed by atoms with Gasteiger partial charge in [0.25, 0.3) is 0 Å². The first-order valence-corrected chi connectivity index (χ1v) is 5.64. The summed E-state index contributed by atoms with van der Waals surface area (Å²) in [5.41, 5.74) is 3.05. The fraction of sp³-hybridized carbons (Fsp3) is 0. The number of fused-ring (bicyclic) bond motifs is 4. The van der Waals surface area contributed by atoms with Gasteiger partial charge in [0.1, 0.15) is 23.0 Å². The number of hydrogen-bond donors (Lipinski definition) is 0. The maximum atomic E-state index is 10.8. The Hall–Kier alpha value is -2.55. The summed E-state index contributed by atoms with van der Waals surface area (Å²) >= 11 is 0. The molecule has 2 aromatic heterocycles. The smallest absolute Gasteiger partial charge is 0.150 e. The summed E-state index contributed by atoms with van der Waals surface area (Å²) in [6.45, 7) is 0. The molecule has 0 aliphatic rings. The molecule has 0 radical (unpaired) electrons. The zero-order valence-electron chi connectivity index (χ0n) is 9.34. The Morgan fingerprint density at radius 2 is 1.78 bits per heavy atom. The van der Waals surface area contributed by atoms with Crippen LogP contribution in [0.4, 0.5) is 0 Å². The van der Waals surface area contributed by atoms with Crippen molar-refractivity contribution >= 4 is 39.2 Å². The van der Waals surface area contributed by atoms with E-state index in [0.717, 1.165) is 39.2 Å². The third kappa shape index (κ3) is 1.16. The largest absolute Gasteiger partial charge is 0.464 e. The molecule has 0 aliphatic carbocycles. The van der Waals surface area contributed by atoms with Crippen LogP contribution < -0.4 is 0 Å². The van der Waals surface area contributed by atoms with Crippen molar-refractivity contribution in [2.75, 3.05) is 0 Å². The van der Waals surface area contributed by atoms with Gasteiger partial charge in [-0.3, -0.25) is 4.79 Å². The van der Waals surface area contributed by atoms with Crippen molar-refractivity contribution < 1.29 is 13.6 Å². The van der Waals surface area contributed by atoms with E-state index in [1.54, 1.807) is 12.3 Å². The molecule has 2 heterocycles. The Kier molecular flexibility index (Phi) is 1.70. The molecule has 86 valence electrons. The van der Waals surface area contributed by atoms with E-state index in [1.165, 1.54) is 0 Å². The van der Waals surface area contributed by atoms with Gasteiger partial charge in [0.15, 0.2) is 0 Å². The number of hydrogen-bond acceptors (Lipinski definition) is 3. The zero-order chi connectivity index (χ0) is 12.1. The monoisotopic (exact) mass is 236 g/mol. The number of furan rings is 2. The Bertz CT molecular complexity index is 896. The van der Waals surface area contributed by atoms with Crippen LogP contribution in [0.15, 0.2) is 51.5 Å². The summed E-state index contributed by atoms with van der Waals surface area (Å²) in [6, 6.07) is 11.2. The van der Waals surface area contributed by atoms with Crippen LogP contribution in [0.5, 0.6) is 0 Å². The second-order valence-corrected chi connectivity index (χ2v) is 4.28. The third-order valence-electron chi connectivity index (χ3n) is 3.20. The minimum absolute atomic E-state index is 0.643. The molecule has 0 spiro atoms. The first-order chi connectivity index (χ1) is 8.85. The maximum absolute atomic E-state index is 10.8. The van der Waals surface area contributed by atoms with Gasteiger partial charge in [-0.05, 0) is 36.4 Å². The second kappa shape index (κ2) is 3.23. The van der Waals surface area contributed by atoms with Crippen LogP contribution in [0.2, 0.25) is 0 Å². The number of rotatable bonds is 1. The molecule has 18 heavy (non-hydrogen) atoms. The fourth-order valence-electron chi connectivity index (χ4n) is 2.32. The van der Waals surface area contributed by atoms with E-state index in [2.05, 4.69) is 0 Å². The first kappa shape index (κ1) is 9.48. The van der Waals surface area contributed by atoms with Crippen molar-refractivity contribution in [2.45, 2.75) is 0 Å². The lowest BCUT2D eigenvalue weighted by Gasteiger charge is -1.91. The average molecular weight is 236 g/mol. The third-order valence-corrected chi connectivity index (χ3v) is 3.20. The van der Waals surface area contributed by atoms with Crippen molar-refractivity contribution in [3.8, 4) is 0 Å². The van der Waals surface area contributed by atoms with Crippen molar-refractivity contribution in [2.24, 2.45) is 0 Å². The van der Waals surface area contributed by atoms with Crippen molar-refractivity contribution in [1.82, 2.24) is 0 Å². The highest BCUT2D eigenvalue weighted by Crippen LogP contribution is 2.32. The predicted molar refractivity (Wildman–Crippen MR) is 68.9 cm³/mol. The molecule has 3 nitrogen and oxygen atoms in total. The topological polar surface area (TPSA) is 43.4 Å². The zero-order valence-corrected chi connectivity index (χ0v) is 9.34. The average Bonchev–Trinajstić information content (AvgIpc) is 2.98. The first-order valence-electron chi connectivity index (χ1n) is 5.64. The van der Waals surface area contributed by atoms with Gasteiger partial charge in [-0.15, -0.1) is 0 Å². The van der Waals surface area contributed by atoms with Crippen LogP contribution in [0, 0.1) is 0 Å². The SMILES string of the molecule is O=Cc1ccc2oc3cc4ccoc4cc3c2c1. The summed E-state index contributed by atoms with van der Waals surface area (Å²) in [6.07, 6.45) is 2.49. The predicted octanol–water partition coefficient (Wildman–Crippen LogP) is 4.14. The van der Waals surface area contributed by atoms with E-state index in [0.29, 0.717) is 5.56 Å². The normalized spacial score (nSPS) is 11.6. The van der Waals surface area contributed by atoms with E-state index in [1.807, 2.05) is 30.3 Å². The minimum Gasteiger partial charge on any atom is -0.464 e. The molecular formula is C15H8O3. The van der Waals surface area contributed by atoms with Crippen LogP contribution in [0.25, 0.3) is 32.9 Å². The molecule has 4 rings (SSSR count). The fourth-order valence-corrected chi connectivity index (χ4v) is 2.32. The van der Waals surface area contributed by atoms with Gasteiger partial charge >= 0.3 is 0 Å². The molecule has 0 saturated heterocycles. The Morgan fingerprint density at radius 3 is 2.67 bits per heavy atom. The van der Waals surface area contributed by atoms with Crippen LogP contribution in [-0.2, 0) is 0 Å². The molecule has 0 N–H and O–H groups in total. The van der Waals surface area contributed by atoms with Crippen LogP contribution >= 0.6 is 0 Å². The van der Waals surface area contributed by atoms with Gasteiger partial charge in [0.2, 0.25) is 0 Å². The van der Waals surface area contributed by atoms with Crippen LogP contribution in [-0.4, -0.2) is 6.29 Å².